The van der Waals surface area contributed by atoms with Gasteiger partial charge < -0.3 is 59.5 Å². The summed E-state index contributed by atoms with van der Waals surface area (Å²) in [5, 5.41) is 0. The smallest absolute Gasteiger partial charge is 0.411 e. The molecule has 0 heterocycles. The molecule has 0 aliphatic carbocycles. The molecule has 0 saturated heterocycles. The fraction of sp³-hybridized carbons (Fsp3) is 0.800. The topological polar surface area (TPSA) is 6.48 Å². The van der Waals surface area contributed by atoms with Crippen LogP contribution in [0.15, 0.2) is 0 Å². The van der Waals surface area contributed by atoms with Crippen molar-refractivity contribution in [1.82, 2.24) is 9.80 Å². The average molecular weight is 362 g/mol. The molecule has 0 spiro atoms. The molecule has 0 aliphatic rings. The van der Waals surface area contributed by atoms with Crippen LogP contribution in [0.5, 0.6) is 0 Å². The van der Waals surface area contributed by atoms with E-state index >= 15 is 0 Å². The first-order valence-electron chi connectivity index (χ1n) is 5.36. The second-order valence-electron chi connectivity index (χ2n) is 2.88. The molecule has 0 unspecified atom stereocenters. The van der Waals surface area contributed by atoms with Gasteiger partial charge in [0.2, 0.25) is 0 Å². The summed E-state index contributed by atoms with van der Waals surface area (Å²) in [6, 6.07) is 0. The maximum atomic E-state index is 4.76. The Morgan fingerprint density at radius 1 is 0.765 bits per heavy atom. The van der Waals surface area contributed by atoms with Crippen LogP contribution < -0.4 is 0 Å². The molecule has 0 amide bonds. The molecule has 0 N–H and O–H groups in total. The molecule has 2 nitrogen and oxygen atoms in total. The minimum absolute atomic E-state index is 0. The number of hydrogen-bond donors (Lipinski definition) is 0. The van der Waals surface area contributed by atoms with Crippen molar-refractivity contribution in [3.8, 4) is 0 Å². The summed E-state index contributed by atoms with van der Waals surface area (Å²) in [5.74, 6) is 0. The Bertz CT molecular complexity index is 184. The van der Waals surface area contributed by atoms with Gasteiger partial charge in [-0.3, -0.25) is 0 Å². The predicted molar refractivity (Wildman–Crippen MR) is 85.8 cm³/mol. The summed E-state index contributed by atoms with van der Waals surface area (Å²) < 4.78 is 1.16. The zero-order valence-corrected chi connectivity index (χ0v) is 17.3. The van der Waals surface area contributed by atoms with Crippen molar-refractivity contribution in [2.24, 2.45) is 0 Å². The quantitative estimate of drug-likeness (QED) is 0.427. The molecule has 7 heteroatoms. The van der Waals surface area contributed by atoms with Crippen molar-refractivity contribution in [2.75, 3.05) is 26.2 Å². The summed E-state index contributed by atoms with van der Waals surface area (Å²) in [7, 11) is 0. The van der Waals surface area contributed by atoms with E-state index in [1.807, 2.05) is 37.5 Å². The van der Waals surface area contributed by atoms with Gasteiger partial charge in [-0.05, 0) is 27.7 Å². The van der Waals surface area contributed by atoms with E-state index in [0.717, 1.165) is 26.2 Å². The van der Waals surface area contributed by atoms with Crippen LogP contribution in [0.3, 0.4) is 0 Å². The normalized spacial score (nSPS) is 8.24. The van der Waals surface area contributed by atoms with Gasteiger partial charge in [-0.2, -0.15) is 0 Å². The van der Waals surface area contributed by atoms with Crippen molar-refractivity contribution < 1.29 is 19.5 Å². The van der Waals surface area contributed by atoms with Crippen molar-refractivity contribution in [2.45, 2.75) is 27.7 Å². The van der Waals surface area contributed by atoms with E-state index in [9.17, 15) is 0 Å². The van der Waals surface area contributed by atoms with Crippen molar-refractivity contribution in [3.05, 3.63) is 0 Å². The van der Waals surface area contributed by atoms with E-state index in [-0.39, 0.29) is 19.5 Å². The zero-order chi connectivity index (χ0) is 13.1. The van der Waals surface area contributed by atoms with Gasteiger partial charge in [-0.1, -0.05) is 8.64 Å². The SMILES string of the molecule is CCN(CC)C(=S)[S-].CCN(CC)C(=S)[S-].[Zn+2]. The molecule has 0 atom stereocenters. The molecule has 0 saturated carbocycles. The molecule has 0 aromatic carbocycles. The van der Waals surface area contributed by atoms with Crippen LogP contribution in [0.2, 0.25) is 0 Å². The first kappa shape index (κ1) is 23.0. The Labute approximate surface area is 140 Å². The molecule has 0 aliphatic heterocycles. The minimum atomic E-state index is 0. The number of hydrogen-bond acceptors (Lipinski definition) is 4. The predicted octanol–water partition coefficient (Wildman–Crippen LogP) is 2.32. The fourth-order valence-corrected chi connectivity index (χ4v) is 2.00. The summed E-state index contributed by atoms with van der Waals surface area (Å²) >= 11 is 19.0. The maximum absolute atomic E-state index is 4.76. The first-order chi connectivity index (χ1) is 7.44. The largest absolute Gasteiger partial charge is 2.00 e. The maximum Gasteiger partial charge on any atom is 2.00 e. The van der Waals surface area contributed by atoms with E-state index in [2.05, 4.69) is 0 Å². The minimum Gasteiger partial charge on any atom is -0.411 e. The van der Waals surface area contributed by atoms with Gasteiger partial charge in [0.15, 0.2) is 0 Å². The van der Waals surface area contributed by atoms with Crippen LogP contribution in [0, 0.1) is 0 Å². The molecule has 17 heavy (non-hydrogen) atoms. The van der Waals surface area contributed by atoms with E-state index in [1.165, 1.54) is 0 Å². The Morgan fingerprint density at radius 3 is 0.941 bits per heavy atom. The molecule has 0 fully saturated rings. The third kappa shape index (κ3) is 13.1. The zero-order valence-electron chi connectivity index (χ0n) is 11.1. The number of rotatable bonds is 4. The second-order valence-corrected chi connectivity index (χ2v) is 4.94. The molecule has 0 rings (SSSR count). The van der Waals surface area contributed by atoms with Crippen molar-refractivity contribution in [1.29, 1.82) is 0 Å². The van der Waals surface area contributed by atoms with Crippen LogP contribution in [-0.4, -0.2) is 44.6 Å². The van der Waals surface area contributed by atoms with Crippen LogP contribution in [-0.2, 0) is 44.7 Å². The van der Waals surface area contributed by atoms with Crippen molar-refractivity contribution >= 4 is 58.3 Å². The van der Waals surface area contributed by atoms with E-state index in [1.54, 1.807) is 0 Å². The van der Waals surface area contributed by atoms with Crippen LogP contribution >= 0.6 is 24.4 Å². The molecule has 0 aromatic rings. The molecule has 0 bridgehead atoms. The Hall–Kier alpha value is 0.843. The van der Waals surface area contributed by atoms with Gasteiger partial charge in [-0.25, -0.2) is 0 Å². The van der Waals surface area contributed by atoms with Gasteiger partial charge >= 0.3 is 19.5 Å². The van der Waals surface area contributed by atoms with E-state index in [4.69, 9.17) is 49.7 Å². The van der Waals surface area contributed by atoms with Crippen LogP contribution in [0.25, 0.3) is 0 Å². The summed E-state index contributed by atoms with van der Waals surface area (Å²) in [5.41, 5.74) is 0. The standard InChI is InChI=1S/2C5H11NS2.Zn/c2*1-3-6(4-2)5(7)8;/h2*3-4H2,1-2H3,(H,7,8);/q;;+2/p-2. The van der Waals surface area contributed by atoms with Gasteiger partial charge in [0.25, 0.3) is 0 Å². The summed E-state index contributed by atoms with van der Waals surface area (Å²) in [6.45, 7) is 11.9. The van der Waals surface area contributed by atoms with E-state index in [0.29, 0.717) is 8.64 Å². The van der Waals surface area contributed by atoms with Gasteiger partial charge in [0.1, 0.15) is 0 Å². The average Bonchev–Trinajstić information content (AvgIpc) is 2.21. The second kappa shape index (κ2) is 14.9. The molecule has 96 valence electrons. The van der Waals surface area contributed by atoms with E-state index < -0.39 is 0 Å². The van der Waals surface area contributed by atoms with Gasteiger partial charge in [-0.15, -0.1) is 0 Å². The first-order valence-corrected chi connectivity index (χ1v) is 6.99. The monoisotopic (exact) mass is 360 g/mol. The third-order valence-corrected chi connectivity index (χ3v) is 3.08. The number of thiocarbonyl (C=S) groups is 2. The van der Waals surface area contributed by atoms with Crippen molar-refractivity contribution in [3.63, 3.8) is 0 Å². The molecule has 0 radical (unpaired) electrons. The Morgan fingerprint density at radius 2 is 0.941 bits per heavy atom. The number of nitrogens with zero attached hydrogens (tertiary/aromatic N) is 2. The summed E-state index contributed by atoms with van der Waals surface area (Å²) in [6.07, 6.45) is 0. The van der Waals surface area contributed by atoms with Crippen LogP contribution in [0.1, 0.15) is 27.7 Å². The Balaban J connectivity index is -0.000000218. The molecular formula is C10H20N2S4Zn. The molecular weight excluding hydrogens is 342 g/mol. The third-order valence-electron chi connectivity index (χ3n) is 2.04. The summed E-state index contributed by atoms with van der Waals surface area (Å²) in [4.78, 5) is 3.93. The fourth-order valence-electron chi connectivity index (χ4n) is 0.964. The van der Waals surface area contributed by atoms with Crippen LogP contribution in [0.4, 0.5) is 0 Å². The van der Waals surface area contributed by atoms with Gasteiger partial charge in [0.05, 0.1) is 0 Å². The van der Waals surface area contributed by atoms with Gasteiger partial charge in [0, 0.05) is 26.2 Å². The Kier molecular flexibility index (Phi) is 20.1. The molecule has 0 aromatic heterocycles.